The molecule has 13 heavy (non-hydrogen) atoms. The van der Waals surface area contributed by atoms with E-state index in [1.54, 1.807) is 0 Å². The Hall–Kier alpha value is -1.35. The van der Waals surface area contributed by atoms with E-state index in [9.17, 15) is 4.79 Å². The molecule has 0 unspecified atom stereocenters. The molecule has 1 saturated heterocycles. The highest BCUT2D eigenvalue weighted by atomic mass is 16.6. The van der Waals surface area contributed by atoms with Gasteiger partial charge in [0.15, 0.2) is 6.10 Å². The number of carboxylic acids is 1. The molecule has 0 spiro atoms. The summed E-state index contributed by atoms with van der Waals surface area (Å²) in [6, 6.07) is 9.76. The topological polar surface area (TPSA) is 49.8 Å². The van der Waals surface area contributed by atoms with Crippen molar-refractivity contribution in [3.63, 3.8) is 0 Å². The Labute approximate surface area is 76.0 Å². The zero-order valence-electron chi connectivity index (χ0n) is 7.01. The summed E-state index contributed by atoms with van der Waals surface area (Å²) in [6.45, 7) is 0. The fourth-order valence-electron chi connectivity index (χ4n) is 1.36. The van der Waals surface area contributed by atoms with Crippen LogP contribution in [-0.4, -0.2) is 23.3 Å². The number of rotatable bonds is 3. The van der Waals surface area contributed by atoms with Crippen molar-refractivity contribution < 1.29 is 14.6 Å². The lowest BCUT2D eigenvalue weighted by Crippen LogP contribution is -2.09. The van der Waals surface area contributed by atoms with Gasteiger partial charge in [-0.1, -0.05) is 30.3 Å². The maximum atomic E-state index is 10.4. The number of hydrogen-bond donors (Lipinski definition) is 1. The van der Waals surface area contributed by atoms with E-state index in [2.05, 4.69) is 0 Å². The monoisotopic (exact) mass is 178 g/mol. The van der Waals surface area contributed by atoms with Crippen LogP contribution in [0, 0.1) is 0 Å². The number of benzene rings is 1. The SMILES string of the molecule is O=C(O)[C@@H]1O[C@@H]1Cc1ccccc1. The third-order valence-corrected chi connectivity index (χ3v) is 2.11. The van der Waals surface area contributed by atoms with E-state index in [0.29, 0.717) is 6.42 Å². The second kappa shape index (κ2) is 3.18. The predicted molar refractivity (Wildman–Crippen MR) is 46.4 cm³/mol. The third-order valence-electron chi connectivity index (χ3n) is 2.11. The molecule has 0 aromatic heterocycles. The van der Waals surface area contributed by atoms with Crippen LogP contribution < -0.4 is 0 Å². The molecular formula is C10H10O3. The van der Waals surface area contributed by atoms with Crippen molar-refractivity contribution in [2.75, 3.05) is 0 Å². The first kappa shape index (κ1) is 8.26. The largest absolute Gasteiger partial charge is 0.479 e. The van der Waals surface area contributed by atoms with Crippen molar-refractivity contribution in [1.29, 1.82) is 0 Å². The highest BCUT2D eigenvalue weighted by molar-refractivity contribution is 5.75. The van der Waals surface area contributed by atoms with Crippen molar-refractivity contribution in [1.82, 2.24) is 0 Å². The molecule has 1 aliphatic heterocycles. The van der Waals surface area contributed by atoms with E-state index in [-0.39, 0.29) is 6.10 Å². The Morgan fingerprint density at radius 2 is 2.08 bits per heavy atom. The van der Waals surface area contributed by atoms with Gasteiger partial charge in [-0.25, -0.2) is 4.79 Å². The van der Waals surface area contributed by atoms with Crippen LogP contribution in [0.5, 0.6) is 0 Å². The Morgan fingerprint density at radius 1 is 1.38 bits per heavy atom. The number of ether oxygens (including phenoxy) is 1. The van der Waals surface area contributed by atoms with Gasteiger partial charge in [0.1, 0.15) is 0 Å². The molecule has 1 aromatic rings. The second-order valence-corrected chi connectivity index (χ2v) is 3.12. The summed E-state index contributed by atoms with van der Waals surface area (Å²) in [4.78, 5) is 10.4. The van der Waals surface area contributed by atoms with Crippen LogP contribution in [0.2, 0.25) is 0 Å². The average molecular weight is 178 g/mol. The van der Waals surface area contributed by atoms with Gasteiger partial charge in [-0.05, 0) is 5.56 Å². The first-order valence-corrected chi connectivity index (χ1v) is 4.19. The minimum absolute atomic E-state index is 0.125. The summed E-state index contributed by atoms with van der Waals surface area (Å²) in [5, 5.41) is 8.58. The van der Waals surface area contributed by atoms with Gasteiger partial charge >= 0.3 is 5.97 Å². The normalized spacial score (nSPS) is 25.5. The molecule has 0 amide bonds. The van der Waals surface area contributed by atoms with Gasteiger partial charge < -0.3 is 9.84 Å². The standard InChI is InChI=1S/C10H10O3/c11-10(12)9-8(13-9)6-7-4-2-1-3-5-7/h1-5,8-9H,6H2,(H,11,12)/t8-,9-/m1/s1. The van der Waals surface area contributed by atoms with Crippen LogP contribution in [-0.2, 0) is 16.0 Å². The minimum Gasteiger partial charge on any atom is -0.479 e. The van der Waals surface area contributed by atoms with E-state index < -0.39 is 12.1 Å². The maximum Gasteiger partial charge on any atom is 0.335 e. The quantitative estimate of drug-likeness (QED) is 0.704. The van der Waals surface area contributed by atoms with Crippen LogP contribution >= 0.6 is 0 Å². The zero-order valence-corrected chi connectivity index (χ0v) is 7.01. The summed E-state index contributed by atoms with van der Waals surface area (Å²) in [6.07, 6.45) is -0.0160. The summed E-state index contributed by atoms with van der Waals surface area (Å²) >= 11 is 0. The van der Waals surface area contributed by atoms with Crippen LogP contribution in [0.1, 0.15) is 5.56 Å². The Kier molecular flexibility index (Phi) is 2.02. The van der Waals surface area contributed by atoms with Gasteiger partial charge in [-0.15, -0.1) is 0 Å². The van der Waals surface area contributed by atoms with E-state index in [1.165, 1.54) is 0 Å². The molecule has 0 bridgehead atoms. The molecule has 1 aliphatic rings. The molecule has 2 rings (SSSR count). The molecular weight excluding hydrogens is 168 g/mol. The van der Waals surface area contributed by atoms with Crippen LogP contribution in [0.3, 0.4) is 0 Å². The average Bonchev–Trinajstić information content (AvgIpc) is 2.86. The van der Waals surface area contributed by atoms with E-state index >= 15 is 0 Å². The van der Waals surface area contributed by atoms with Gasteiger partial charge in [0.05, 0.1) is 6.10 Å². The van der Waals surface area contributed by atoms with E-state index in [1.807, 2.05) is 30.3 Å². The van der Waals surface area contributed by atoms with Gasteiger partial charge in [0.2, 0.25) is 0 Å². The van der Waals surface area contributed by atoms with E-state index in [4.69, 9.17) is 9.84 Å². The lowest BCUT2D eigenvalue weighted by molar-refractivity contribution is -0.138. The predicted octanol–water partition coefficient (Wildman–Crippen LogP) is 1.08. The molecule has 0 aliphatic carbocycles. The molecule has 0 saturated carbocycles. The van der Waals surface area contributed by atoms with Crippen molar-refractivity contribution in [2.24, 2.45) is 0 Å². The van der Waals surface area contributed by atoms with Crippen LogP contribution in [0.25, 0.3) is 0 Å². The first-order valence-electron chi connectivity index (χ1n) is 4.19. The molecule has 68 valence electrons. The smallest absolute Gasteiger partial charge is 0.335 e. The number of hydrogen-bond acceptors (Lipinski definition) is 2. The third kappa shape index (κ3) is 1.87. The molecule has 3 nitrogen and oxygen atoms in total. The first-order chi connectivity index (χ1) is 6.27. The Morgan fingerprint density at radius 3 is 2.62 bits per heavy atom. The number of aliphatic carboxylic acids is 1. The maximum absolute atomic E-state index is 10.4. The highest BCUT2D eigenvalue weighted by Crippen LogP contribution is 2.25. The van der Waals surface area contributed by atoms with Crippen molar-refractivity contribution in [3.05, 3.63) is 35.9 Å². The molecule has 2 atom stereocenters. The molecule has 1 aromatic carbocycles. The summed E-state index contributed by atoms with van der Waals surface area (Å²) < 4.78 is 4.98. The second-order valence-electron chi connectivity index (χ2n) is 3.12. The van der Waals surface area contributed by atoms with Gasteiger partial charge in [-0.3, -0.25) is 0 Å². The molecule has 1 fully saturated rings. The minimum atomic E-state index is -0.860. The van der Waals surface area contributed by atoms with Crippen molar-refractivity contribution in [2.45, 2.75) is 18.6 Å². The molecule has 1 heterocycles. The van der Waals surface area contributed by atoms with Gasteiger partial charge in [0, 0.05) is 6.42 Å². The Bertz CT molecular complexity index is 307. The van der Waals surface area contributed by atoms with Crippen molar-refractivity contribution in [3.8, 4) is 0 Å². The number of carboxylic acid groups (broad SMARTS) is 1. The molecule has 0 radical (unpaired) electrons. The molecule has 3 heteroatoms. The molecule has 1 N–H and O–H groups in total. The van der Waals surface area contributed by atoms with Gasteiger partial charge in [-0.2, -0.15) is 0 Å². The summed E-state index contributed by atoms with van der Waals surface area (Å²) in [5.41, 5.74) is 1.12. The summed E-state index contributed by atoms with van der Waals surface area (Å²) in [7, 11) is 0. The lowest BCUT2D eigenvalue weighted by Gasteiger charge is -1.94. The fourth-order valence-corrected chi connectivity index (χ4v) is 1.36. The van der Waals surface area contributed by atoms with Crippen LogP contribution in [0.4, 0.5) is 0 Å². The van der Waals surface area contributed by atoms with Crippen molar-refractivity contribution >= 4 is 5.97 Å². The number of epoxide rings is 1. The highest BCUT2D eigenvalue weighted by Gasteiger charge is 2.44. The van der Waals surface area contributed by atoms with Gasteiger partial charge in [0.25, 0.3) is 0 Å². The summed E-state index contributed by atoms with van der Waals surface area (Å²) in [5.74, 6) is -0.860. The fraction of sp³-hybridized carbons (Fsp3) is 0.300. The van der Waals surface area contributed by atoms with E-state index in [0.717, 1.165) is 5.56 Å². The zero-order chi connectivity index (χ0) is 9.26. The Balaban J connectivity index is 1.92. The number of carbonyl (C=O) groups is 1. The van der Waals surface area contributed by atoms with Crippen LogP contribution in [0.15, 0.2) is 30.3 Å². The lowest BCUT2D eigenvalue weighted by atomic mass is 10.1.